The molecule has 0 bridgehead atoms. The average molecular weight is 152 g/mol. The van der Waals surface area contributed by atoms with E-state index in [1.54, 1.807) is 0 Å². The van der Waals surface area contributed by atoms with Crippen molar-refractivity contribution in [3.8, 4) is 6.07 Å². The molecule has 1 heterocycles. The molecule has 58 valence electrons. The van der Waals surface area contributed by atoms with Crippen molar-refractivity contribution in [3.05, 3.63) is 12.2 Å². The Bertz CT molecular complexity index is 262. The fourth-order valence-electron chi connectivity index (χ4n) is 0.686. The summed E-state index contributed by atoms with van der Waals surface area (Å²) < 4.78 is 1.54. The molecule has 0 atom stereocenters. The standard InChI is InChI=1S/C6H8N4O/c7-4-6-8-5-10(9-6)2-1-3-11/h5,11H,1-3H2. The number of aromatic nitrogens is 3. The van der Waals surface area contributed by atoms with Gasteiger partial charge < -0.3 is 5.11 Å². The van der Waals surface area contributed by atoms with Gasteiger partial charge in [-0.3, -0.25) is 4.68 Å². The van der Waals surface area contributed by atoms with Crippen LogP contribution in [0, 0.1) is 11.3 Å². The van der Waals surface area contributed by atoms with Crippen LogP contribution in [-0.2, 0) is 6.54 Å². The molecule has 1 N–H and O–H groups in total. The van der Waals surface area contributed by atoms with E-state index in [1.807, 2.05) is 6.07 Å². The maximum Gasteiger partial charge on any atom is 0.252 e. The Morgan fingerprint density at radius 3 is 3.09 bits per heavy atom. The molecule has 0 aliphatic heterocycles. The number of nitriles is 1. The second-order valence-corrected chi connectivity index (χ2v) is 2.02. The predicted molar refractivity (Wildman–Crippen MR) is 36.4 cm³/mol. The molecule has 0 aliphatic carbocycles. The first-order valence-electron chi connectivity index (χ1n) is 3.27. The van der Waals surface area contributed by atoms with Crippen molar-refractivity contribution < 1.29 is 5.11 Å². The van der Waals surface area contributed by atoms with Crippen molar-refractivity contribution in [2.75, 3.05) is 6.61 Å². The van der Waals surface area contributed by atoms with Crippen LogP contribution in [0.4, 0.5) is 0 Å². The molecule has 11 heavy (non-hydrogen) atoms. The first-order valence-corrected chi connectivity index (χ1v) is 3.27. The summed E-state index contributed by atoms with van der Waals surface area (Å²) in [6.45, 7) is 0.729. The smallest absolute Gasteiger partial charge is 0.252 e. The van der Waals surface area contributed by atoms with Crippen LogP contribution in [0.1, 0.15) is 12.2 Å². The summed E-state index contributed by atoms with van der Waals surface area (Å²) in [7, 11) is 0. The van der Waals surface area contributed by atoms with E-state index in [1.165, 1.54) is 11.0 Å². The van der Waals surface area contributed by atoms with Crippen LogP contribution in [0.3, 0.4) is 0 Å². The lowest BCUT2D eigenvalue weighted by Gasteiger charge is -1.94. The molecule has 1 rings (SSSR count). The van der Waals surface area contributed by atoms with Gasteiger partial charge >= 0.3 is 0 Å². The van der Waals surface area contributed by atoms with Gasteiger partial charge in [-0.05, 0) is 6.42 Å². The molecule has 5 nitrogen and oxygen atoms in total. The Balaban J connectivity index is 2.53. The topological polar surface area (TPSA) is 74.7 Å². The van der Waals surface area contributed by atoms with Crippen molar-refractivity contribution in [1.82, 2.24) is 14.8 Å². The fraction of sp³-hybridized carbons (Fsp3) is 0.500. The fourth-order valence-corrected chi connectivity index (χ4v) is 0.686. The van der Waals surface area contributed by atoms with Crippen LogP contribution in [0.15, 0.2) is 6.33 Å². The molecular weight excluding hydrogens is 144 g/mol. The van der Waals surface area contributed by atoms with Crippen LogP contribution >= 0.6 is 0 Å². The molecular formula is C6H8N4O. The number of rotatable bonds is 3. The summed E-state index contributed by atoms with van der Waals surface area (Å²) in [4.78, 5) is 3.70. The van der Waals surface area contributed by atoms with Crippen LogP contribution in [-0.4, -0.2) is 26.5 Å². The number of hydrogen-bond acceptors (Lipinski definition) is 4. The van der Waals surface area contributed by atoms with E-state index < -0.39 is 0 Å². The highest BCUT2D eigenvalue weighted by Gasteiger charge is 1.96. The Labute approximate surface area is 63.9 Å². The van der Waals surface area contributed by atoms with Gasteiger partial charge in [0.15, 0.2) is 0 Å². The summed E-state index contributed by atoms with van der Waals surface area (Å²) in [6.07, 6.45) is 2.11. The minimum Gasteiger partial charge on any atom is -0.396 e. The molecule has 0 saturated heterocycles. The van der Waals surface area contributed by atoms with Crippen molar-refractivity contribution in [1.29, 1.82) is 5.26 Å². The normalized spacial score (nSPS) is 9.45. The maximum atomic E-state index is 8.47. The zero-order valence-electron chi connectivity index (χ0n) is 5.93. The first-order chi connectivity index (χ1) is 5.36. The number of aliphatic hydroxyl groups excluding tert-OH is 1. The van der Waals surface area contributed by atoms with Crippen molar-refractivity contribution in [2.45, 2.75) is 13.0 Å². The molecule has 0 fully saturated rings. The average Bonchev–Trinajstić information content (AvgIpc) is 2.48. The number of nitrogens with zero attached hydrogens (tertiary/aromatic N) is 4. The summed E-state index contributed by atoms with van der Waals surface area (Å²) in [5.74, 6) is 0.169. The van der Waals surface area contributed by atoms with E-state index >= 15 is 0 Å². The Kier molecular flexibility index (Phi) is 2.58. The summed E-state index contributed by atoms with van der Waals surface area (Å²) >= 11 is 0. The van der Waals surface area contributed by atoms with Crippen LogP contribution < -0.4 is 0 Å². The summed E-state index contributed by atoms with van der Waals surface area (Å²) in [5.41, 5.74) is 0. The van der Waals surface area contributed by atoms with Gasteiger partial charge in [0.2, 0.25) is 0 Å². The Hall–Kier alpha value is -1.41. The van der Waals surface area contributed by atoms with Crippen molar-refractivity contribution >= 4 is 0 Å². The molecule has 5 heteroatoms. The van der Waals surface area contributed by atoms with Crippen LogP contribution in [0.5, 0.6) is 0 Å². The third kappa shape index (κ3) is 2.02. The second-order valence-electron chi connectivity index (χ2n) is 2.02. The van der Waals surface area contributed by atoms with E-state index in [4.69, 9.17) is 10.4 Å². The lowest BCUT2D eigenvalue weighted by atomic mass is 10.5. The predicted octanol–water partition coefficient (Wildman–Crippen LogP) is -0.468. The first kappa shape index (κ1) is 7.69. The van der Waals surface area contributed by atoms with Gasteiger partial charge in [0.25, 0.3) is 5.82 Å². The molecule has 1 aromatic rings. The monoisotopic (exact) mass is 152 g/mol. The lowest BCUT2D eigenvalue weighted by Crippen LogP contribution is -2.00. The summed E-state index contributed by atoms with van der Waals surface area (Å²) in [6, 6.07) is 1.82. The van der Waals surface area contributed by atoms with Gasteiger partial charge in [0, 0.05) is 13.2 Å². The molecule has 1 aromatic heterocycles. The molecule has 0 amide bonds. The van der Waals surface area contributed by atoms with E-state index in [0.29, 0.717) is 13.0 Å². The number of aryl methyl sites for hydroxylation is 1. The molecule has 0 unspecified atom stereocenters. The Morgan fingerprint density at radius 1 is 1.73 bits per heavy atom. The van der Waals surface area contributed by atoms with E-state index in [2.05, 4.69) is 10.1 Å². The lowest BCUT2D eigenvalue weighted by molar-refractivity contribution is 0.277. The minimum atomic E-state index is 0.127. The van der Waals surface area contributed by atoms with Gasteiger partial charge in [-0.15, -0.1) is 5.10 Å². The quantitative estimate of drug-likeness (QED) is 0.635. The minimum absolute atomic E-state index is 0.127. The zero-order chi connectivity index (χ0) is 8.10. The van der Waals surface area contributed by atoms with Crippen LogP contribution in [0.2, 0.25) is 0 Å². The maximum absolute atomic E-state index is 8.47. The summed E-state index contributed by atoms with van der Waals surface area (Å²) in [5, 5.41) is 20.6. The highest BCUT2D eigenvalue weighted by atomic mass is 16.3. The van der Waals surface area contributed by atoms with Gasteiger partial charge in [-0.1, -0.05) is 0 Å². The van der Waals surface area contributed by atoms with Crippen molar-refractivity contribution in [3.63, 3.8) is 0 Å². The van der Waals surface area contributed by atoms with E-state index in [-0.39, 0.29) is 12.4 Å². The highest BCUT2D eigenvalue weighted by Crippen LogP contribution is 1.89. The van der Waals surface area contributed by atoms with E-state index in [0.717, 1.165) is 0 Å². The largest absolute Gasteiger partial charge is 0.396 e. The number of hydrogen-bond donors (Lipinski definition) is 1. The van der Waals surface area contributed by atoms with Crippen molar-refractivity contribution in [2.24, 2.45) is 0 Å². The van der Waals surface area contributed by atoms with Gasteiger partial charge in [0.1, 0.15) is 12.4 Å². The molecule has 0 saturated carbocycles. The molecule has 0 spiro atoms. The van der Waals surface area contributed by atoms with Gasteiger partial charge in [0.05, 0.1) is 0 Å². The highest BCUT2D eigenvalue weighted by molar-refractivity contribution is 5.05. The zero-order valence-corrected chi connectivity index (χ0v) is 5.93. The van der Waals surface area contributed by atoms with Gasteiger partial charge in [-0.25, -0.2) is 4.98 Å². The molecule has 0 radical (unpaired) electrons. The third-order valence-electron chi connectivity index (χ3n) is 1.18. The SMILES string of the molecule is N#Cc1ncn(CCCO)n1. The van der Waals surface area contributed by atoms with Crippen LogP contribution in [0.25, 0.3) is 0 Å². The van der Waals surface area contributed by atoms with Gasteiger partial charge in [-0.2, -0.15) is 5.26 Å². The third-order valence-corrected chi connectivity index (χ3v) is 1.18. The number of aliphatic hydroxyl groups is 1. The Morgan fingerprint density at radius 2 is 2.55 bits per heavy atom. The van der Waals surface area contributed by atoms with E-state index in [9.17, 15) is 0 Å². The molecule has 0 aliphatic rings. The molecule has 0 aromatic carbocycles. The second kappa shape index (κ2) is 3.68.